The molecule has 0 spiro atoms. The molecule has 1 N–H and O–H groups in total. The molecule has 0 aromatic heterocycles. The molecule has 0 atom stereocenters. The van der Waals surface area contributed by atoms with Crippen molar-refractivity contribution in [1.29, 1.82) is 0 Å². The zero-order valence-corrected chi connectivity index (χ0v) is 16.1. The summed E-state index contributed by atoms with van der Waals surface area (Å²) in [4.78, 5) is 28.2. The maximum atomic E-state index is 12.2. The number of piperazine rings is 1. The first-order chi connectivity index (χ1) is 13.0. The smallest absolute Gasteiger partial charge is 0.225 e. The van der Waals surface area contributed by atoms with Gasteiger partial charge in [0.25, 0.3) is 0 Å². The number of hydrogen-bond acceptors (Lipinski definition) is 4. The second-order valence-electron chi connectivity index (χ2n) is 7.10. The summed E-state index contributed by atoms with van der Waals surface area (Å²) in [5, 5.41) is 2.90. The Hall–Kier alpha value is -2.66. The molecular weight excluding hydrogens is 338 g/mol. The van der Waals surface area contributed by atoms with Gasteiger partial charge in [-0.25, -0.2) is 0 Å². The maximum Gasteiger partial charge on any atom is 0.225 e. The Kier molecular flexibility index (Phi) is 6.24. The third-order valence-corrected chi connectivity index (χ3v) is 4.97. The Labute approximate surface area is 161 Å². The molecule has 1 saturated heterocycles. The van der Waals surface area contributed by atoms with Crippen molar-refractivity contribution in [3.8, 4) is 0 Å². The predicted molar refractivity (Wildman–Crippen MR) is 110 cm³/mol. The Bertz CT molecular complexity index is 793. The molecule has 142 valence electrons. The van der Waals surface area contributed by atoms with Crippen LogP contribution in [0, 0.1) is 6.92 Å². The second-order valence-corrected chi connectivity index (χ2v) is 7.10. The second kappa shape index (κ2) is 8.82. The Morgan fingerprint density at radius 1 is 1.00 bits per heavy atom. The van der Waals surface area contributed by atoms with Gasteiger partial charge in [-0.1, -0.05) is 12.1 Å². The van der Waals surface area contributed by atoms with Gasteiger partial charge < -0.3 is 10.2 Å². The number of Topliss-reactive ketones (excluding diaryl/α,β-unsaturated/α-hetero) is 1. The molecule has 5 nitrogen and oxygen atoms in total. The third-order valence-electron chi connectivity index (χ3n) is 4.97. The summed E-state index contributed by atoms with van der Waals surface area (Å²) in [7, 11) is 0. The molecular formula is C22H27N3O2. The van der Waals surface area contributed by atoms with Crippen LogP contribution in [0.5, 0.6) is 0 Å². The number of anilines is 2. The number of rotatable bonds is 6. The predicted octanol–water partition coefficient (Wildman–Crippen LogP) is 3.35. The van der Waals surface area contributed by atoms with Gasteiger partial charge in [0, 0.05) is 56.1 Å². The lowest BCUT2D eigenvalue weighted by atomic mass is 10.1. The molecule has 0 saturated carbocycles. The lowest BCUT2D eigenvalue weighted by molar-refractivity contribution is -0.116. The fourth-order valence-corrected chi connectivity index (χ4v) is 3.33. The van der Waals surface area contributed by atoms with Gasteiger partial charge in [-0.15, -0.1) is 0 Å². The van der Waals surface area contributed by atoms with Crippen molar-refractivity contribution in [3.63, 3.8) is 0 Å². The van der Waals surface area contributed by atoms with Crippen LogP contribution in [-0.4, -0.2) is 49.3 Å². The van der Waals surface area contributed by atoms with Gasteiger partial charge >= 0.3 is 0 Å². The molecule has 2 aromatic carbocycles. The Balaban J connectivity index is 1.41. The summed E-state index contributed by atoms with van der Waals surface area (Å²) in [5.41, 5.74) is 3.94. The molecule has 0 bridgehead atoms. The van der Waals surface area contributed by atoms with Crippen molar-refractivity contribution < 1.29 is 9.59 Å². The quantitative estimate of drug-likeness (QED) is 0.798. The van der Waals surface area contributed by atoms with Crippen molar-refractivity contribution in [1.82, 2.24) is 4.90 Å². The molecule has 1 heterocycles. The maximum absolute atomic E-state index is 12.2. The first-order valence-electron chi connectivity index (χ1n) is 9.46. The normalized spacial score (nSPS) is 14.8. The summed E-state index contributed by atoms with van der Waals surface area (Å²) < 4.78 is 0. The highest BCUT2D eigenvalue weighted by molar-refractivity contribution is 5.95. The zero-order valence-electron chi connectivity index (χ0n) is 16.1. The molecule has 1 aliphatic rings. The zero-order chi connectivity index (χ0) is 19.2. The summed E-state index contributed by atoms with van der Waals surface area (Å²) in [5.74, 6) is 0.0318. The number of hydrogen-bond donors (Lipinski definition) is 1. The van der Waals surface area contributed by atoms with Crippen LogP contribution < -0.4 is 10.2 Å². The van der Waals surface area contributed by atoms with Gasteiger partial charge in [-0.2, -0.15) is 0 Å². The SMILES string of the molecule is CC(=O)c1ccc(NC(=O)CCN2CCN(c3cccc(C)c3)CC2)cc1. The van der Waals surface area contributed by atoms with Gasteiger partial charge in [0.2, 0.25) is 5.91 Å². The molecule has 1 fully saturated rings. The van der Waals surface area contributed by atoms with Crippen LogP contribution in [0.4, 0.5) is 11.4 Å². The molecule has 2 aromatic rings. The molecule has 1 aliphatic heterocycles. The van der Waals surface area contributed by atoms with E-state index in [4.69, 9.17) is 0 Å². The average Bonchev–Trinajstić information content (AvgIpc) is 2.67. The molecule has 1 amide bonds. The minimum atomic E-state index is 0.00619. The van der Waals surface area contributed by atoms with E-state index >= 15 is 0 Å². The summed E-state index contributed by atoms with van der Waals surface area (Å²) >= 11 is 0. The van der Waals surface area contributed by atoms with Crippen molar-refractivity contribution in [2.75, 3.05) is 42.9 Å². The van der Waals surface area contributed by atoms with E-state index < -0.39 is 0 Å². The van der Waals surface area contributed by atoms with E-state index in [9.17, 15) is 9.59 Å². The molecule has 3 rings (SSSR count). The van der Waals surface area contributed by atoms with Crippen molar-refractivity contribution in [3.05, 3.63) is 59.7 Å². The van der Waals surface area contributed by atoms with Crippen LogP contribution in [0.15, 0.2) is 48.5 Å². The van der Waals surface area contributed by atoms with Gasteiger partial charge in [0.1, 0.15) is 0 Å². The number of aryl methyl sites for hydroxylation is 1. The van der Waals surface area contributed by atoms with E-state index in [0.29, 0.717) is 12.0 Å². The Morgan fingerprint density at radius 3 is 2.33 bits per heavy atom. The number of amides is 1. The minimum Gasteiger partial charge on any atom is -0.369 e. The van der Waals surface area contributed by atoms with E-state index in [0.717, 1.165) is 38.4 Å². The largest absolute Gasteiger partial charge is 0.369 e. The third kappa shape index (κ3) is 5.41. The fraction of sp³-hybridized carbons (Fsp3) is 0.364. The van der Waals surface area contributed by atoms with Gasteiger partial charge in [-0.3, -0.25) is 14.5 Å². The van der Waals surface area contributed by atoms with E-state index in [1.54, 1.807) is 24.3 Å². The number of ketones is 1. The van der Waals surface area contributed by atoms with Crippen LogP contribution in [0.2, 0.25) is 0 Å². The van der Waals surface area contributed by atoms with E-state index in [1.165, 1.54) is 18.2 Å². The molecule has 0 aliphatic carbocycles. The Morgan fingerprint density at radius 2 is 1.70 bits per heavy atom. The number of nitrogens with one attached hydrogen (secondary N) is 1. The summed E-state index contributed by atoms with van der Waals surface area (Å²) in [6.45, 7) is 8.32. The van der Waals surface area contributed by atoms with Crippen LogP contribution in [0.25, 0.3) is 0 Å². The fourth-order valence-electron chi connectivity index (χ4n) is 3.33. The van der Waals surface area contributed by atoms with Gasteiger partial charge in [0.15, 0.2) is 5.78 Å². The first kappa shape index (κ1) is 19.1. The molecule has 0 radical (unpaired) electrons. The monoisotopic (exact) mass is 365 g/mol. The highest BCUT2D eigenvalue weighted by atomic mass is 16.1. The lowest BCUT2D eigenvalue weighted by Gasteiger charge is -2.36. The minimum absolute atomic E-state index is 0.00619. The number of benzene rings is 2. The average molecular weight is 365 g/mol. The number of nitrogens with zero attached hydrogens (tertiary/aromatic N) is 2. The lowest BCUT2D eigenvalue weighted by Crippen LogP contribution is -2.47. The molecule has 27 heavy (non-hydrogen) atoms. The van der Waals surface area contributed by atoms with Gasteiger partial charge in [0.05, 0.1) is 0 Å². The van der Waals surface area contributed by atoms with Crippen molar-refractivity contribution in [2.24, 2.45) is 0 Å². The van der Waals surface area contributed by atoms with Crippen LogP contribution in [0.3, 0.4) is 0 Å². The summed E-state index contributed by atoms with van der Waals surface area (Å²) in [6, 6.07) is 15.6. The van der Waals surface area contributed by atoms with Crippen LogP contribution >= 0.6 is 0 Å². The highest BCUT2D eigenvalue weighted by Crippen LogP contribution is 2.18. The molecule has 5 heteroatoms. The first-order valence-corrected chi connectivity index (χ1v) is 9.46. The van der Waals surface area contributed by atoms with E-state index in [-0.39, 0.29) is 11.7 Å². The molecule has 0 unspecified atom stereocenters. The number of carbonyl (C=O) groups excluding carboxylic acids is 2. The van der Waals surface area contributed by atoms with Gasteiger partial charge in [-0.05, 0) is 55.8 Å². The highest BCUT2D eigenvalue weighted by Gasteiger charge is 2.18. The summed E-state index contributed by atoms with van der Waals surface area (Å²) in [6.07, 6.45) is 0.471. The van der Waals surface area contributed by atoms with Crippen molar-refractivity contribution in [2.45, 2.75) is 20.3 Å². The standard InChI is InChI=1S/C22H27N3O2/c1-17-4-3-5-21(16-17)25-14-12-24(13-15-25)11-10-22(27)23-20-8-6-19(7-9-20)18(2)26/h3-9,16H,10-15H2,1-2H3,(H,23,27). The van der Waals surface area contributed by atoms with E-state index in [2.05, 4.69) is 46.3 Å². The van der Waals surface area contributed by atoms with E-state index in [1.807, 2.05) is 0 Å². The van der Waals surface area contributed by atoms with Crippen LogP contribution in [0.1, 0.15) is 29.3 Å². The topological polar surface area (TPSA) is 52.7 Å². The number of carbonyl (C=O) groups is 2. The van der Waals surface area contributed by atoms with Crippen LogP contribution in [-0.2, 0) is 4.79 Å². The van der Waals surface area contributed by atoms with Crippen molar-refractivity contribution >= 4 is 23.1 Å².